The fourth-order valence-corrected chi connectivity index (χ4v) is 5.75. The van der Waals surface area contributed by atoms with Gasteiger partial charge in [-0.15, -0.1) is 10.2 Å². The molecule has 0 spiro atoms. The van der Waals surface area contributed by atoms with Gasteiger partial charge in [0, 0.05) is 26.6 Å². The Labute approximate surface area is 217 Å². The number of sulfone groups is 1. The van der Waals surface area contributed by atoms with Gasteiger partial charge in [-0.1, -0.05) is 11.6 Å². The maximum Gasteiger partial charge on any atom is 0.163 e. The van der Waals surface area contributed by atoms with Crippen LogP contribution in [-0.2, 0) is 34.5 Å². The molecule has 36 heavy (non-hydrogen) atoms. The lowest BCUT2D eigenvalue weighted by Gasteiger charge is -2.26. The Kier molecular flexibility index (Phi) is 10.2. The Balaban J connectivity index is 1.97. The van der Waals surface area contributed by atoms with E-state index in [2.05, 4.69) is 20.2 Å². The monoisotopic (exact) mass is 545 g/mol. The van der Waals surface area contributed by atoms with Crippen molar-refractivity contribution in [1.82, 2.24) is 24.7 Å². The Morgan fingerprint density at radius 1 is 1.11 bits per heavy atom. The first-order chi connectivity index (χ1) is 17.1. The summed E-state index contributed by atoms with van der Waals surface area (Å²) in [6, 6.07) is -0.327. The molecule has 2 aromatic heterocycles. The standard InChI is InChI=1S/C23H36ClN5O6S/c1-14(2)34-21(22-25-9-17(24)10-26-22)16(4)36(30,31)13-20-27-28-23(19-8-7-15(3)35-19)29(20)18(11-32-5)12-33-6/h9-10,14-16,18-19,21H,7-8,11-13H2,1-6H3/t15-,16+,19-,21-/m1/s1. The van der Waals surface area contributed by atoms with Crippen LogP contribution in [-0.4, -0.2) is 78.0 Å². The number of nitrogens with zero attached hydrogens (tertiary/aromatic N) is 5. The molecule has 3 rings (SSSR count). The first kappa shape index (κ1) is 28.9. The Morgan fingerprint density at radius 2 is 1.75 bits per heavy atom. The third-order valence-electron chi connectivity index (χ3n) is 6.03. The average molecular weight is 546 g/mol. The molecule has 1 aliphatic heterocycles. The summed E-state index contributed by atoms with van der Waals surface area (Å²) in [5, 5.41) is 8.04. The molecule has 202 valence electrons. The summed E-state index contributed by atoms with van der Waals surface area (Å²) in [7, 11) is -0.642. The smallest absolute Gasteiger partial charge is 0.163 e. The van der Waals surface area contributed by atoms with Gasteiger partial charge in [-0.05, 0) is 40.5 Å². The van der Waals surface area contributed by atoms with Gasteiger partial charge < -0.3 is 23.5 Å². The highest BCUT2D eigenvalue weighted by Crippen LogP contribution is 2.34. The molecule has 0 saturated carbocycles. The lowest BCUT2D eigenvalue weighted by Crippen LogP contribution is -2.33. The van der Waals surface area contributed by atoms with E-state index in [1.54, 1.807) is 25.7 Å². The van der Waals surface area contributed by atoms with Gasteiger partial charge in [0.05, 0.1) is 41.7 Å². The van der Waals surface area contributed by atoms with Crippen LogP contribution in [0.4, 0.5) is 0 Å². The molecule has 0 N–H and O–H groups in total. The van der Waals surface area contributed by atoms with Crippen molar-refractivity contribution in [3.63, 3.8) is 0 Å². The average Bonchev–Trinajstić information content (AvgIpc) is 3.43. The van der Waals surface area contributed by atoms with Crippen molar-refractivity contribution in [2.45, 2.75) is 82.0 Å². The molecular formula is C23H36ClN5O6S. The number of ether oxygens (including phenoxy) is 4. The van der Waals surface area contributed by atoms with Crippen LogP contribution in [0.5, 0.6) is 0 Å². The van der Waals surface area contributed by atoms with Crippen molar-refractivity contribution in [3.8, 4) is 0 Å². The summed E-state index contributed by atoms with van der Waals surface area (Å²) in [5.74, 6) is 0.752. The zero-order valence-electron chi connectivity index (χ0n) is 21.6. The van der Waals surface area contributed by atoms with E-state index in [0.717, 1.165) is 12.8 Å². The van der Waals surface area contributed by atoms with Gasteiger partial charge in [-0.3, -0.25) is 0 Å². The van der Waals surface area contributed by atoms with E-state index < -0.39 is 21.2 Å². The highest BCUT2D eigenvalue weighted by atomic mass is 35.5. The minimum Gasteiger partial charge on any atom is -0.382 e. The van der Waals surface area contributed by atoms with Crippen LogP contribution < -0.4 is 0 Å². The lowest BCUT2D eigenvalue weighted by atomic mass is 10.2. The summed E-state index contributed by atoms with van der Waals surface area (Å²) in [6.07, 6.45) is 3.16. The summed E-state index contributed by atoms with van der Waals surface area (Å²) in [5.41, 5.74) is 0. The Morgan fingerprint density at radius 3 is 2.28 bits per heavy atom. The molecule has 1 saturated heterocycles. The summed E-state index contributed by atoms with van der Waals surface area (Å²) < 4.78 is 52.0. The molecule has 0 unspecified atom stereocenters. The van der Waals surface area contributed by atoms with Crippen LogP contribution in [0.2, 0.25) is 5.02 Å². The van der Waals surface area contributed by atoms with Gasteiger partial charge in [0.1, 0.15) is 23.8 Å². The van der Waals surface area contributed by atoms with Crippen molar-refractivity contribution >= 4 is 21.4 Å². The molecule has 2 aromatic rings. The van der Waals surface area contributed by atoms with Crippen molar-refractivity contribution in [2.24, 2.45) is 0 Å². The van der Waals surface area contributed by atoms with Crippen LogP contribution in [0.15, 0.2) is 12.4 Å². The van der Waals surface area contributed by atoms with Gasteiger partial charge in [0.25, 0.3) is 0 Å². The predicted octanol–water partition coefficient (Wildman–Crippen LogP) is 3.27. The minimum absolute atomic E-state index is 0.0870. The minimum atomic E-state index is -3.81. The van der Waals surface area contributed by atoms with Gasteiger partial charge in [0.2, 0.25) is 0 Å². The first-order valence-electron chi connectivity index (χ1n) is 12.0. The largest absolute Gasteiger partial charge is 0.382 e. The number of hydrogen-bond donors (Lipinski definition) is 0. The SMILES string of the molecule is COCC(COC)n1c(CS(=O)(=O)[C@@H](C)[C@@H](OC(C)C)c2ncc(Cl)cn2)nnc1[C@H]1CC[C@@H](C)O1. The summed E-state index contributed by atoms with van der Waals surface area (Å²) >= 11 is 5.93. The van der Waals surface area contributed by atoms with E-state index >= 15 is 0 Å². The quantitative estimate of drug-likeness (QED) is 0.370. The topological polar surface area (TPSA) is 128 Å². The second kappa shape index (κ2) is 12.7. The van der Waals surface area contributed by atoms with Gasteiger partial charge in [0.15, 0.2) is 21.5 Å². The molecule has 13 heteroatoms. The highest BCUT2D eigenvalue weighted by molar-refractivity contribution is 7.91. The second-order valence-corrected chi connectivity index (χ2v) is 12.1. The number of hydrogen-bond acceptors (Lipinski definition) is 10. The Bertz CT molecular complexity index is 1080. The lowest BCUT2D eigenvalue weighted by molar-refractivity contribution is 0.00141. The van der Waals surface area contributed by atoms with E-state index in [1.807, 2.05) is 20.8 Å². The van der Waals surface area contributed by atoms with E-state index in [0.29, 0.717) is 29.9 Å². The molecule has 0 amide bonds. The molecule has 1 aliphatic rings. The molecule has 0 radical (unpaired) electrons. The fraction of sp³-hybridized carbons (Fsp3) is 0.739. The van der Waals surface area contributed by atoms with Crippen LogP contribution in [0.25, 0.3) is 0 Å². The maximum absolute atomic E-state index is 13.7. The first-order valence-corrected chi connectivity index (χ1v) is 14.1. The van der Waals surface area contributed by atoms with E-state index in [-0.39, 0.29) is 35.9 Å². The molecule has 3 heterocycles. The van der Waals surface area contributed by atoms with Crippen molar-refractivity contribution in [2.75, 3.05) is 27.4 Å². The maximum atomic E-state index is 13.7. The second-order valence-electron chi connectivity index (χ2n) is 9.30. The molecule has 11 nitrogen and oxygen atoms in total. The summed E-state index contributed by atoms with van der Waals surface area (Å²) in [6.45, 7) is 7.83. The molecular weight excluding hydrogens is 510 g/mol. The number of halogens is 1. The van der Waals surface area contributed by atoms with E-state index in [9.17, 15) is 8.42 Å². The number of methoxy groups -OCH3 is 2. The van der Waals surface area contributed by atoms with Crippen LogP contribution in [0, 0.1) is 0 Å². The third-order valence-corrected chi connectivity index (χ3v) is 8.27. The molecule has 0 aliphatic carbocycles. The highest BCUT2D eigenvalue weighted by Gasteiger charge is 2.37. The van der Waals surface area contributed by atoms with Gasteiger partial charge in [-0.2, -0.15) is 0 Å². The number of aromatic nitrogens is 5. The van der Waals surface area contributed by atoms with E-state index in [1.165, 1.54) is 12.4 Å². The molecule has 4 atom stereocenters. The van der Waals surface area contributed by atoms with Crippen molar-refractivity contribution < 1.29 is 27.4 Å². The van der Waals surface area contributed by atoms with Crippen LogP contribution in [0.3, 0.4) is 0 Å². The molecule has 1 fully saturated rings. The molecule has 0 bridgehead atoms. The van der Waals surface area contributed by atoms with E-state index in [4.69, 9.17) is 30.5 Å². The normalized spacial score (nSPS) is 20.4. The zero-order chi connectivity index (χ0) is 26.5. The zero-order valence-corrected chi connectivity index (χ0v) is 23.2. The molecule has 0 aromatic carbocycles. The predicted molar refractivity (Wildman–Crippen MR) is 133 cm³/mol. The van der Waals surface area contributed by atoms with Gasteiger partial charge in [-0.25, -0.2) is 18.4 Å². The van der Waals surface area contributed by atoms with Crippen molar-refractivity contribution in [3.05, 3.63) is 34.9 Å². The summed E-state index contributed by atoms with van der Waals surface area (Å²) in [4.78, 5) is 8.43. The third kappa shape index (κ3) is 6.99. The number of rotatable bonds is 13. The van der Waals surface area contributed by atoms with Gasteiger partial charge >= 0.3 is 0 Å². The van der Waals surface area contributed by atoms with Crippen LogP contribution in [0.1, 0.15) is 76.3 Å². The van der Waals surface area contributed by atoms with Crippen LogP contribution >= 0.6 is 11.6 Å². The van der Waals surface area contributed by atoms with Crippen molar-refractivity contribution in [1.29, 1.82) is 0 Å². The fourth-order valence-electron chi connectivity index (χ4n) is 4.27. The Hall–Kier alpha value is -1.70.